The van der Waals surface area contributed by atoms with Gasteiger partial charge in [-0.3, -0.25) is 9.69 Å². The predicted molar refractivity (Wildman–Crippen MR) is 133 cm³/mol. The zero-order valence-electron chi connectivity index (χ0n) is 20.9. The number of nitrogens with zero attached hydrogens (tertiary/aromatic N) is 7. The second kappa shape index (κ2) is 8.75. The van der Waals surface area contributed by atoms with Gasteiger partial charge in [-0.15, -0.1) is 0 Å². The molecule has 0 aromatic carbocycles. The number of nitrogens with one attached hydrogen (secondary N) is 1. The molecule has 10 heteroatoms. The second-order valence-corrected chi connectivity index (χ2v) is 10.4. The van der Waals surface area contributed by atoms with Gasteiger partial charge in [0.1, 0.15) is 5.65 Å². The lowest BCUT2D eigenvalue weighted by molar-refractivity contribution is -0.127. The number of aromatic nitrogens is 4. The van der Waals surface area contributed by atoms with Crippen molar-refractivity contribution in [2.75, 3.05) is 43.0 Å². The fourth-order valence-electron chi connectivity index (χ4n) is 4.98. The molecule has 2 aliphatic heterocycles. The standard InChI is InChI=1S/C25H33FN8O/c1-16-12-33(13-17(2)31(16)5)24-28-10-19(26)22(29-24)32-14-18(15-32)23(35)30-25(3,4)20-11-27-21-8-6-7-9-34(20)21/h6-11,16-18H,12-15H2,1-5H3,(H,30,35)/t16-,17-/m0/s1. The maximum Gasteiger partial charge on any atom is 0.227 e. The van der Waals surface area contributed by atoms with Crippen molar-refractivity contribution < 1.29 is 9.18 Å². The summed E-state index contributed by atoms with van der Waals surface area (Å²) < 4.78 is 16.6. The lowest BCUT2D eigenvalue weighted by Crippen LogP contribution is -2.57. The molecule has 2 fully saturated rings. The van der Waals surface area contributed by atoms with Gasteiger partial charge in [0.25, 0.3) is 0 Å². The number of likely N-dealkylation sites (N-methyl/N-ethyl adjacent to an activating group) is 1. The summed E-state index contributed by atoms with van der Waals surface area (Å²) in [4.78, 5) is 32.6. The Morgan fingerprint density at radius 1 is 1.06 bits per heavy atom. The number of carbonyl (C=O) groups excluding carboxylic acids is 1. The molecule has 3 aromatic rings. The van der Waals surface area contributed by atoms with Crippen molar-refractivity contribution in [3.05, 3.63) is 48.3 Å². The van der Waals surface area contributed by atoms with Crippen LogP contribution in [0.2, 0.25) is 0 Å². The average Bonchev–Trinajstić information content (AvgIpc) is 3.22. The van der Waals surface area contributed by atoms with Crippen molar-refractivity contribution in [1.29, 1.82) is 0 Å². The third kappa shape index (κ3) is 4.31. The number of imidazole rings is 1. The number of anilines is 2. The molecule has 2 saturated heterocycles. The molecule has 0 spiro atoms. The van der Waals surface area contributed by atoms with E-state index in [2.05, 4.69) is 51.0 Å². The van der Waals surface area contributed by atoms with Crippen LogP contribution in [-0.2, 0) is 10.3 Å². The van der Waals surface area contributed by atoms with E-state index in [9.17, 15) is 9.18 Å². The molecule has 0 radical (unpaired) electrons. The molecule has 1 N–H and O–H groups in total. The Hall–Kier alpha value is -3.27. The van der Waals surface area contributed by atoms with Gasteiger partial charge in [-0.25, -0.2) is 14.4 Å². The van der Waals surface area contributed by atoms with E-state index in [1.807, 2.05) is 47.5 Å². The van der Waals surface area contributed by atoms with Gasteiger partial charge in [0.2, 0.25) is 11.9 Å². The number of hydrogen-bond acceptors (Lipinski definition) is 7. The molecule has 186 valence electrons. The van der Waals surface area contributed by atoms with Gasteiger partial charge >= 0.3 is 0 Å². The number of hydrogen-bond donors (Lipinski definition) is 1. The summed E-state index contributed by atoms with van der Waals surface area (Å²) in [5.41, 5.74) is 1.12. The van der Waals surface area contributed by atoms with E-state index < -0.39 is 11.4 Å². The monoisotopic (exact) mass is 480 g/mol. The summed E-state index contributed by atoms with van der Waals surface area (Å²) in [5.74, 6) is 0.0339. The molecule has 0 unspecified atom stereocenters. The number of piperazine rings is 1. The number of halogens is 1. The fourth-order valence-corrected chi connectivity index (χ4v) is 4.98. The Bertz CT molecular complexity index is 1230. The quantitative estimate of drug-likeness (QED) is 0.600. The highest BCUT2D eigenvalue weighted by Crippen LogP contribution is 2.29. The summed E-state index contributed by atoms with van der Waals surface area (Å²) in [7, 11) is 2.12. The van der Waals surface area contributed by atoms with E-state index in [-0.39, 0.29) is 17.6 Å². The topological polar surface area (TPSA) is 81.9 Å². The lowest BCUT2D eigenvalue weighted by Gasteiger charge is -2.43. The molecule has 5 heterocycles. The van der Waals surface area contributed by atoms with Gasteiger partial charge in [0.15, 0.2) is 11.6 Å². The predicted octanol–water partition coefficient (Wildman–Crippen LogP) is 2.28. The van der Waals surface area contributed by atoms with Crippen LogP contribution in [0.3, 0.4) is 0 Å². The first-order valence-corrected chi connectivity index (χ1v) is 12.1. The minimum absolute atomic E-state index is 0.0615. The molecular weight excluding hydrogens is 447 g/mol. The van der Waals surface area contributed by atoms with Crippen LogP contribution in [0.15, 0.2) is 36.8 Å². The lowest BCUT2D eigenvalue weighted by atomic mass is 9.95. The second-order valence-electron chi connectivity index (χ2n) is 10.4. The van der Waals surface area contributed by atoms with Crippen LogP contribution in [0, 0.1) is 11.7 Å². The molecule has 35 heavy (non-hydrogen) atoms. The van der Waals surface area contributed by atoms with Crippen LogP contribution >= 0.6 is 0 Å². The molecule has 0 saturated carbocycles. The first-order valence-electron chi connectivity index (χ1n) is 12.1. The molecule has 9 nitrogen and oxygen atoms in total. The van der Waals surface area contributed by atoms with Crippen molar-refractivity contribution in [3.63, 3.8) is 0 Å². The molecule has 5 rings (SSSR count). The molecule has 1 amide bonds. The Labute approximate surface area is 205 Å². The summed E-state index contributed by atoms with van der Waals surface area (Å²) in [6.45, 7) is 10.7. The maximum atomic E-state index is 14.7. The first-order chi connectivity index (χ1) is 16.6. The Morgan fingerprint density at radius 2 is 1.77 bits per heavy atom. The van der Waals surface area contributed by atoms with Gasteiger partial charge in [-0.1, -0.05) is 6.07 Å². The third-order valence-corrected chi connectivity index (χ3v) is 7.40. The van der Waals surface area contributed by atoms with Crippen molar-refractivity contribution in [1.82, 2.24) is 29.6 Å². The summed E-state index contributed by atoms with van der Waals surface area (Å²) in [6.07, 6.45) is 4.97. The van der Waals surface area contributed by atoms with Crippen LogP contribution in [-0.4, -0.2) is 75.5 Å². The third-order valence-electron chi connectivity index (χ3n) is 7.40. The average molecular weight is 481 g/mol. The number of pyridine rings is 1. The van der Waals surface area contributed by atoms with Gasteiger partial charge in [-0.05, 0) is 46.9 Å². The van der Waals surface area contributed by atoms with Gasteiger partial charge < -0.3 is 19.5 Å². The van der Waals surface area contributed by atoms with Crippen molar-refractivity contribution >= 4 is 23.3 Å². The van der Waals surface area contributed by atoms with E-state index in [1.165, 1.54) is 6.20 Å². The molecule has 2 aliphatic rings. The number of carbonyl (C=O) groups is 1. The maximum absolute atomic E-state index is 14.7. The minimum Gasteiger partial charge on any atom is -0.352 e. The zero-order valence-corrected chi connectivity index (χ0v) is 20.9. The summed E-state index contributed by atoms with van der Waals surface area (Å²) >= 11 is 0. The Kier molecular flexibility index (Phi) is 5.86. The van der Waals surface area contributed by atoms with E-state index in [0.29, 0.717) is 31.1 Å². The molecule has 0 bridgehead atoms. The van der Waals surface area contributed by atoms with Crippen molar-refractivity contribution in [2.24, 2.45) is 5.92 Å². The molecule has 3 aromatic heterocycles. The minimum atomic E-state index is -0.611. The van der Waals surface area contributed by atoms with Crippen LogP contribution < -0.4 is 15.1 Å². The summed E-state index contributed by atoms with van der Waals surface area (Å²) in [6, 6.07) is 6.50. The molecule has 2 atom stereocenters. The van der Waals surface area contributed by atoms with Crippen molar-refractivity contribution in [3.8, 4) is 0 Å². The summed E-state index contributed by atoms with van der Waals surface area (Å²) in [5, 5.41) is 3.15. The normalized spacial score (nSPS) is 21.9. The number of rotatable bonds is 5. The van der Waals surface area contributed by atoms with Crippen molar-refractivity contribution in [2.45, 2.75) is 45.3 Å². The number of amides is 1. The zero-order chi connectivity index (χ0) is 24.9. The largest absolute Gasteiger partial charge is 0.352 e. The SMILES string of the molecule is C[C@H]1CN(c2ncc(F)c(N3CC(C(=O)NC(C)(C)c4cnc5ccccn45)C3)n2)C[C@H](C)N1C. The van der Waals surface area contributed by atoms with Gasteiger partial charge in [0, 0.05) is 44.5 Å². The highest BCUT2D eigenvalue weighted by Gasteiger charge is 2.38. The fraction of sp³-hybridized carbons (Fsp3) is 0.520. The molecular formula is C25H33FN8O. The van der Waals surface area contributed by atoms with E-state index in [4.69, 9.17) is 0 Å². The first kappa shape index (κ1) is 23.5. The van der Waals surface area contributed by atoms with E-state index >= 15 is 0 Å². The van der Waals surface area contributed by atoms with Crippen LogP contribution in [0.25, 0.3) is 5.65 Å². The smallest absolute Gasteiger partial charge is 0.227 e. The van der Waals surface area contributed by atoms with Crippen LogP contribution in [0.4, 0.5) is 16.2 Å². The number of fused-ring (bicyclic) bond motifs is 1. The van der Waals surface area contributed by atoms with Crippen LogP contribution in [0.5, 0.6) is 0 Å². The van der Waals surface area contributed by atoms with Gasteiger partial charge in [-0.2, -0.15) is 4.98 Å². The van der Waals surface area contributed by atoms with E-state index in [0.717, 1.165) is 24.4 Å². The Morgan fingerprint density at radius 3 is 2.49 bits per heavy atom. The Balaban J connectivity index is 1.25. The molecule has 0 aliphatic carbocycles. The highest BCUT2D eigenvalue weighted by atomic mass is 19.1. The van der Waals surface area contributed by atoms with Gasteiger partial charge in [0.05, 0.1) is 29.5 Å². The van der Waals surface area contributed by atoms with Crippen LogP contribution in [0.1, 0.15) is 33.4 Å². The van der Waals surface area contributed by atoms with E-state index in [1.54, 1.807) is 6.20 Å². The highest BCUT2D eigenvalue weighted by molar-refractivity contribution is 5.82.